The molecule has 2 bridgehead atoms. The number of ether oxygens (including phenoxy) is 1. The standard InChI is InChI=1S/C15H16FN3O3S/c16-5-9-3-10(2-1-8(9)6-17)19-7-11-13-4-12(18)14(22-13)15(11)23(19,20)21/h1-3,11-15H,4-5,7,18H2/t11-,12-,13+,14-,15-/m0/s1. The number of sulfonamides is 1. The summed E-state index contributed by atoms with van der Waals surface area (Å²) in [6, 6.07) is 6.12. The Hall–Kier alpha value is -1.69. The van der Waals surface area contributed by atoms with Crippen LogP contribution in [0, 0.1) is 17.2 Å². The van der Waals surface area contributed by atoms with Crippen LogP contribution in [0.3, 0.4) is 0 Å². The molecule has 3 aliphatic rings. The van der Waals surface area contributed by atoms with Crippen LogP contribution in [0.4, 0.5) is 10.1 Å². The number of nitriles is 1. The van der Waals surface area contributed by atoms with Crippen LogP contribution in [0.1, 0.15) is 17.5 Å². The van der Waals surface area contributed by atoms with Crippen molar-refractivity contribution < 1.29 is 17.5 Å². The molecule has 5 atom stereocenters. The molecule has 3 fully saturated rings. The molecular weight excluding hydrogens is 321 g/mol. The Balaban J connectivity index is 1.73. The van der Waals surface area contributed by atoms with Crippen LogP contribution in [0.15, 0.2) is 18.2 Å². The van der Waals surface area contributed by atoms with Gasteiger partial charge >= 0.3 is 0 Å². The van der Waals surface area contributed by atoms with Crippen molar-refractivity contribution in [2.24, 2.45) is 11.7 Å². The highest BCUT2D eigenvalue weighted by molar-refractivity contribution is 7.93. The third kappa shape index (κ3) is 1.94. The van der Waals surface area contributed by atoms with E-state index in [1.165, 1.54) is 16.4 Å². The lowest BCUT2D eigenvalue weighted by Crippen LogP contribution is -2.46. The molecule has 4 rings (SSSR count). The molecule has 0 radical (unpaired) electrons. The Morgan fingerprint density at radius 2 is 2.26 bits per heavy atom. The summed E-state index contributed by atoms with van der Waals surface area (Å²) in [5, 5.41) is 8.34. The van der Waals surface area contributed by atoms with Crippen molar-refractivity contribution in [1.29, 1.82) is 5.26 Å². The summed E-state index contributed by atoms with van der Waals surface area (Å²) in [5.74, 6) is -0.103. The number of benzene rings is 1. The van der Waals surface area contributed by atoms with Gasteiger partial charge in [0.05, 0.1) is 29.5 Å². The van der Waals surface area contributed by atoms with Crippen LogP contribution < -0.4 is 10.0 Å². The molecular formula is C15H16FN3O3S. The molecule has 122 valence electrons. The van der Waals surface area contributed by atoms with Gasteiger partial charge in [0.15, 0.2) is 0 Å². The van der Waals surface area contributed by atoms with Gasteiger partial charge in [-0.25, -0.2) is 12.8 Å². The molecule has 23 heavy (non-hydrogen) atoms. The first kappa shape index (κ1) is 14.9. The zero-order valence-corrected chi connectivity index (χ0v) is 13.0. The lowest BCUT2D eigenvalue weighted by molar-refractivity contribution is 0.0905. The number of halogens is 1. The van der Waals surface area contributed by atoms with Gasteiger partial charge in [-0.3, -0.25) is 4.31 Å². The van der Waals surface area contributed by atoms with Gasteiger partial charge in [0, 0.05) is 24.1 Å². The zero-order valence-electron chi connectivity index (χ0n) is 12.2. The third-order valence-corrected chi connectivity index (χ3v) is 7.43. The van der Waals surface area contributed by atoms with Gasteiger partial charge in [-0.1, -0.05) is 0 Å². The van der Waals surface area contributed by atoms with E-state index in [-0.39, 0.29) is 29.2 Å². The van der Waals surface area contributed by atoms with E-state index in [1.807, 2.05) is 6.07 Å². The van der Waals surface area contributed by atoms with E-state index in [2.05, 4.69) is 0 Å². The van der Waals surface area contributed by atoms with Gasteiger partial charge in [-0.2, -0.15) is 5.26 Å². The quantitative estimate of drug-likeness (QED) is 0.855. The highest BCUT2D eigenvalue weighted by Crippen LogP contribution is 2.48. The fourth-order valence-electron chi connectivity index (χ4n) is 4.07. The minimum Gasteiger partial charge on any atom is -0.371 e. The molecule has 0 aliphatic carbocycles. The van der Waals surface area contributed by atoms with Crippen molar-refractivity contribution in [2.45, 2.75) is 36.6 Å². The molecule has 1 aromatic carbocycles. The van der Waals surface area contributed by atoms with Crippen LogP contribution in [-0.2, 0) is 21.4 Å². The summed E-state index contributed by atoms with van der Waals surface area (Å²) in [7, 11) is -3.60. The van der Waals surface area contributed by atoms with Crippen LogP contribution >= 0.6 is 0 Å². The number of nitrogens with two attached hydrogens (primary N) is 1. The fraction of sp³-hybridized carbons (Fsp3) is 0.533. The fourth-order valence-corrected chi connectivity index (χ4v) is 6.46. The van der Waals surface area contributed by atoms with Crippen LogP contribution in [0.2, 0.25) is 0 Å². The summed E-state index contributed by atoms with van der Waals surface area (Å²) >= 11 is 0. The number of rotatable bonds is 2. The number of hydrogen-bond donors (Lipinski definition) is 1. The van der Waals surface area contributed by atoms with Crippen LogP contribution in [-0.4, -0.2) is 38.5 Å². The first-order valence-electron chi connectivity index (χ1n) is 7.49. The van der Waals surface area contributed by atoms with E-state index in [0.717, 1.165) is 0 Å². The van der Waals surface area contributed by atoms with Crippen molar-refractivity contribution in [2.75, 3.05) is 10.8 Å². The Morgan fingerprint density at radius 3 is 2.96 bits per heavy atom. The molecule has 1 aromatic rings. The first-order chi connectivity index (χ1) is 11.0. The zero-order chi connectivity index (χ0) is 16.4. The molecule has 0 spiro atoms. The number of nitrogens with zero attached hydrogens (tertiary/aromatic N) is 2. The van der Waals surface area contributed by atoms with Crippen molar-refractivity contribution in [3.05, 3.63) is 29.3 Å². The van der Waals surface area contributed by atoms with Crippen LogP contribution in [0.5, 0.6) is 0 Å². The second kappa shape index (κ2) is 4.90. The lowest BCUT2D eigenvalue weighted by atomic mass is 9.86. The number of fused-ring (bicyclic) bond motifs is 5. The van der Waals surface area contributed by atoms with E-state index in [0.29, 0.717) is 18.7 Å². The van der Waals surface area contributed by atoms with Gasteiger partial charge in [0.1, 0.15) is 11.9 Å². The van der Waals surface area contributed by atoms with Gasteiger partial charge in [-0.15, -0.1) is 0 Å². The van der Waals surface area contributed by atoms with E-state index in [1.54, 1.807) is 6.07 Å². The number of anilines is 1. The van der Waals surface area contributed by atoms with E-state index in [4.69, 9.17) is 15.7 Å². The third-order valence-electron chi connectivity index (χ3n) is 5.15. The highest BCUT2D eigenvalue weighted by atomic mass is 32.2. The summed E-state index contributed by atoms with van der Waals surface area (Å²) in [6.07, 6.45) is 0.0935. The van der Waals surface area contributed by atoms with Gasteiger partial charge in [0.25, 0.3) is 0 Å². The van der Waals surface area contributed by atoms with E-state index < -0.39 is 28.1 Å². The average molecular weight is 337 g/mol. The second-order valence-corrected chi connectivity index (χ2v) is 8.35. The second-order valence-electron chi connectivity index (χ2n) is 6.33. The largest absolute Gasteiger partial charge is 0.371 e. The van der Waals surface area contributed by atoms with Gasteiger partial charge < -0.3 is 10.5 Å². The number of alkyl halides is 1. The maximum atomic E-state index is 13.1. The molecule has 0 amide bonds. The molecule has 0 aromatic heterocycles. The minimum absolute atomic E-state index is 0.103. The molecule has 6 nitrogen and oxygen atoms in total. The molecule has 3 aliphatic heterocycles. The first-order valence-corrected chi connectivity index (χ1v) is 8.99. The maximum Gasteiger partial charge on any atom is 0.241 e. The topological polar surface area (TPSA) is 96.4 Å². The Labute approximate surface area is 133 Å². The SMILES string of the molecule is N#Cc1ccc(N2C[C@@H]3[C@@H]([C@H]4O[C@@H]3C[C@@H]4N)S2(=O)=O)cc1CF. The summed E-state index contributed by atoms with van der Waals surface area (Å²) in [4.78, 5) is 0. The average Bonchev–Trinajstić information content (AvgIpc) is 3.16. The Kier molecular flexibility index (Phi) is 3.17. The van der Waals surface area contributed by atoms with Crippen molar-refractivity contribution in [1.82, 2.24) is 0 Å². The Morgan fingerprint density at radius 1 is 1.48 bits per heavy atom. The van der Waals surface area contributed by atoms with Crippen LogP contribution in [0.25, 0.3) is 0 Å². The maximum absolute atomic E-state index is 13.1. The lowest BCUT2D eigenvalue weighted by Gasteiger charge is -2.23. The van der Waals surface area contributed by atoms with Crippen molar-refractivity contribution in [3.63, 3.8) is 0 Å². The number of hydrogen-bond acceptors (Lipinski definition) is 5. The predicted octanol–water partition coefficient (Wildman–Crippen LogP) is 0.661. The Bertz CT molecular complexity index is 807. The summed E-state index contributed by atoms with van der Waals surface area (Å²) < 4.78 is 45.9. The van der Waals surface area contributed by atoms with Crippen molar-refractivity contribution in [3.8, 4) is 6.07 Å². The smallest absolute Gasteiger partial charge is 0.241 e. The van der Waals surface area contributed by atoms with Crippen molar-refractivity contribution >= 4 is 15.7 Å². The minimum atomic E-state index is -3.60. The summed E-state index contributed by atoms with van der Waals surface area (Å²) in [5.41, 5.74) is 6.80. The molecule has 2 N–H and O–H groups in total. The van der Waals surface area contributed by atoms with E-state index >= 15 is 0 Å². The highest BCUT2D eigenvalue weighted by Gasteiger charge is 2.63. The van der Waals surface area contributed by atoms with Gasteiger partial charge in [-0.05, 0) is 24.6 Å². The van der Waals surface area contributed by atoms with E-state index in [9.17, 15) is 12.8 Å². The molecule has 3 saturated heterocycles. The predicted molar refractivity (Wildman–Crippen MR) is 80.8 cm³/mol. The molecule has 0 unspecified atom stereocenters. The van der Waals surface area contributed by atoms with Gasteiger partial charge in [0.2, 0.25) is 10.0 Å². The normalized spacial score (nSPS) is 36.9. The summed E-state index contributed by atoms with van der Waals surface area (Å²) in [6.45, 7) is -0.491. The molecule has 3 heterocycles. The molecule has 0 saturated carbocycles. The molecule has 8 heteroatoms. The monoisotopic (exact) mass is 337 g/mol.